The van der Waals surface area contributed by atoms with Gasteiger partial charge in [0.1, 0.15) is 6.61 Å². The van der Waals surface area contributed by atoms with Crippen LogP contribution in [0.3, 0.4) is 0 Å². The van der Waals surface area contributed by atoms with Gasteiger partial charge in [-0.2, -0.15) is 0 Å². The molecule has 0 aliphatic carbocycles. The van der Waals surface area contributed by atoms with Gasteiger partial charge in [-0.15, -0.1) is 5.10 Å². The second-order valence-electron chi connectivity index (χ2n) is 8.12. The van der Waals surface area contributed by atoms with Crippen molar-refractivity contribution in [2.75, 3.05) is 37.7 Å². The zero-order valence-corrected chi connectivity index (χ0v) is 16.9. The Kier molecular flexibility index (Phi) is 5.40. The van der Waals surface area contributed by atoms with Gasteiger partial charge in [-0.25, -0.2) is 14.3 Å². The third kappa shape index (κ3) is 4.19. The zero-order chi connectivity index (χ0) is 20.5. The number of anilines is 1. The topological polar surface area (TPSA) is 100 Å². The lowest BCUT2D eigenvalue weighted by atomic mass is 10.1. The van der Waals surface area contributed by atoms with Crippen LogP contribution in [0.4, 0.5) is 5.69 Å². The van der Waals surface area contributed by atoms with Gasteiger partial charge in [0, 0.05) is 26.2 Å². The van der Waals surface area contributed by atoms with Crippen molar-refractivity contribution < 1.29 is 19.4 Å². The number of aromatic nitrogens is 3. The van der Waals surface area contributed by atoms with Crippen LogP contribution in [0.1, 0.15) is 42.4 Å². The Morgan fingerprint density at radius 1 is 1.24 bits per heavy atom. The molecule has 1 amide bonds. The number of nitrogens with zero attached hydrogens (tertiary/aromatic N) is 5. The molecule has 9 heteroatoms. The molecule has 29 heavy (non-hydrogen) atoms. The molecule has 2 aliphatic rings. The van der Waals surface area contributed by atoms with Crippen molar-refractivity contribution in [3.05, 3.63) is 23.7 Å². The number of carboxylic acids is 1. The Balaban J connectivity index is 1.46. The van der Waals surface area contributed by atoms with Gasteiger partial charge >= 0.3 is 5.97 Å². The van der Waals surface area contributed by atoms with E-state index in [1.807, 2.05) is 13.1 Å². The third-order valence-electron chi connectivity index (χ3n) is 5.75. The molecule has 0 radical (unpaired) electrons. The van der Waals surface area contributed by atoms with Gasteiger partial charge in [-0.1, -0.05) is 6.92 Å². The first kappa shape index (κ1) is 19.6. The lowest BCUT2D eigenvalue weighted by molar-refractivity contribution is -0.145. The molecule has 2 aromatic rings. The Labute approximate surface area is 169 Å². The molecule has 2 aliphatic heterocycles. The summed E-state index contributed by atoms with van der Waals surface area (Å²) in [5.41, 5.74) is 2.80. The van der Waals surface area contributed by atoms with Crippen LogP contribution < -0.4 is 4.90 Å². The molecule has 4 heterocycles. The summed E-state index contributed by atoms with van der Waals surface area (Å²) in [6.45, 7) is 7.03. The van der Waals surface area contributed by atoms with Crippen LogP contribution in [0, 0.1) is 12.8 Å². The van der Waals surface area contributed by atoms with Crippen LogP contribution in [0.25, 0.3) is 5.65 Å². The highest BCUT2D eigenvalue weighted by molar-refractivity contribution is 5.91. The van der Waals surface area contributed by atoms with E-state index in [0.717, 1.165) is 24.3 Å². The lowest BCUT2D eigenvalue weighted by Gasteiger charge is -2.30. The molecular weight excluding hydrogens is 374 g/mol. The first-order valence-corrected chi connectivity index (χ1v) is 10.2. The molecule has 0 bridgehead atoms. The van der Waals surface area contributed by atoms with Crippen molar-refractivity contribution in [3.8, 4) is 0 Å². The standard InChI is InChI=1S/C20H27N5O4/c1-13-3-6-24(10-13)15-9-14(2)19-21-18(22-25(19)11-15)20(28)23-7-4-16(5-8-23)29-12-17(26)27/h9,11,13,16H,3-8,10,12H2,1-2H3,(H,26,27). The molecule has 2 aromatic heterocycles. The summed E-state index contributed by atoms with van der Waals surface area (Å²) in [7, 11) is 0. The Hall–Kier alpha value is -2.68. The normalized spacial score (nSPS) is 20.6. The number of hydrogen-bond acceptors (Lipinski definition) is 6. The van der Waals surface area contributed by atoms with Crippen molar-refractivity contribution in [2.45, 2.75) is 39.2 Å². The fraction of sp³-hybridized carbons (Fsp3) is 0.600. The number of hydrogen-bond donors (Lipinski definition) is 1. The second-order valence-corrected chi connectivity index (χ2v) is 8.12. The molecule has 2 fully saturated rings. The third-order valence-corrected chi connectivity index (χ3v) is 5.75. The number of rotatable bonds is 5. The van der Waals surface area contributed by atoms with Gasteiger partial charge in [-0.3, -0.25) is 4.79 Å². The number of amides is 1. The number of carboxylic acid groups (broad SMARTS) is 1. The van der Waals surface area contributed by atoms with Gasteiger partial charge < -0.3 is 19.6 Å². The summed E-state index contributed by atoms with van der Waals surface area (Å²) in [5, 5.41) is 13.2. The van der Waals surface area contributed by atoms with Crippen LogP contribution in [0.5, 0.6) is 0 Å². The number of carbonyl (C=O) groups excluding carboxylic acids is 1. The predicted octanol–water partition coefficient (Wildman–Crippen LogP) is 1.59. The first-order valence-electron chi connectivity index (χ1n) is 10.2. The summed E-state index contributed by atoms with van der Waals surface area (Å²) < 4.78 is 7.05. The van der Waals surface area contributed by atoms with Crippen LogP contribution >= 0.6 is 0 Å². The van der Waals surface area contributed by atoms with Gasteiger partial charge in [0.2, 0.25) is 5.82 Å². The average molecular weight is 401 g/mol. The molecule has 4 rings (SSSR count). The minimum Gasteiger partial charge on any atom is -0.480 e. The largest absolute Gasteiger partial charge is 0.480 e. The number of carbonyl (C=O) groups is 2. The van der Waals surface area contributed by atoms with E-state index in [9.17, 15) is 9.59 Å². The van der Waals surface area contributed by atoms with Gasteiger partial charge in [0.15, 0.2) is 5.65 Å². The number of aryl methyl sites for hydroxylation is 1. The van der Waals surface area contributed by atoms with Crippen molar-refractivity contribution in [1.29, 1.82) is 0 Å². The maximum absolute atomic E-state index is 12.9. The Bertz CT molecular complexity index is 919. The van der Waals surface area contributed by atoms with Crippen molar-refractivity contribution in [3.63, 3.8) is 0 Å². The highest BCUT2D eigenvalue weighted by Gasteiger charge is 2.27. The quantitative estimate of drug-likeness (QED) is 0.812. The summed E-state index contributed by atoms with van der Waals surface area (Å²) in [5.74, 6) is -0.289. The van der Waals surface area contributed by atoms with Crippen LogP contribution in [-0.2, 0) is 9.53 Å². The first-order chi connectivity index (χ1) is 13.9. The predicted molar refractivity (Wildman–Crippen MR) is 106 cm³/mol. The molecular formula is C20H27N5O4. The fourth-order valence-corrected chi connectivity index (χ4v) is 4.12. The minimum absolute atomic E-state index is 0.128. The summed E-state index contributed by atoms with van der Waals surface area (Å²) in [6, 6.07) is 2.11. The number of ether oxygens (including phenoxy) is 1. The van der Waals surface area contributed by atoms with E-state index in [2.05, 4.69) is 28.0 Å². The molecule has 156 valence electrons. The van der Waals surface area contributed by atoms with Gasteiger partial charge in [0.25, 0.3) is 5.91 Å². The molecule has 1 atom stereocenters. The summed E-state index contributed by atoms with van der Waals surface area (Å²) >= 11 is 0. The van der Waals surface area contributed by atoms with Crippen molar-refractivity contribution >= 4 is 23.2 Å². The molecule has 0 saturated carbocycles. The highest BCUT2D eigenvalue weighted by atomic mass is 16.5. The van der Waals surface area contributed by atoms with Crippen molar-refractivity contribution in [1.82, 2.24) is 19.5 Å². The number of pyridine rings is 1. The molecule has 0 spiro atoms. The molecule has 0 aromatic carbocycles. The van der Waals surface area contributed by atoms with E-state index < -0.39 is 5.97 Å². The van der Waals surface area contributed by atoms with Crippen LogP contribution in [-0.4, -0.2) is 75.4 Å². The maximum Gasteiger partial charge on any atom is 0.329 e. The Morgan fingerprint density at radius 2 is 2.00 bits per heavy atom. The van der Waals surface area contributed by atoms with E-state index in [4.69, 9.17) is 9.84 Å². The SMILES string of the molecule is Cc1cc(N2CCC(C)C2)cn2nc(C(=O)N3CCC(OCC(=O)O)CC3)nc12. The molecule has 2 saturated heterocycles. The van der Waals surface area contributed by atoms with Crippen LogP contribution in [0.15, 0.2) is 12.3 Å². The monoisotopic (exact) mass is 401 g/mol. The fourth-order valence-electron chi connectivity index (χ4n) is 4.12. The van der Waals surface area contributed by atoms with E-state index in [1.165, 1.54) is 6.42 Å². The molecule has 9 nitrogen and oxygen atoms in total. The van der Waals surface area contributed by atoms with Gasteiger partial charge in [-0.05, 0) is 43.7 Å². The zero-order valence-electron chi connectivity index (χ0n) is 16.9. The van der Waals surface area contributed by atoms with E-state index in [0.29, 0.717) is 37.5 Å². The van der Waals surface area contributed by atoms with Crippen LogP contribution in [0.2, 0.25) is 0 Å². The van der Waals surface area contributed by atoms with Gasteiger partial charge in [0.05, 0.1) is 18.0 Å². The number of piperidine rings is 1. The van der Waals surface area contributed by atoms with E-state index in [-0.39, 0.29) is 24.4 Å². The summed E-state index contributed by atoms with van der Waals surface area (Å²) in [6.07, 6.45) is 4.24. The Morgan fingerprint density at radius 3 is 2.66 bits per heavy atom. The molecule has 1 N–H and O–H groups in total. The van der Waals surface area contributed by atoms with E-state index in [1.54, 1.807) is 9.42 Å². The number of fused-ring (bicyclic) bond motifs is 1. The number of likely N-dealkylation sites (tertiary alicyclic amines) is 1. The average Bonchev–Trinajstić information content (AvgIpc) is 3.33. The maximum atomic E-state index is 12.9. The highest BCUT2D eigenvalue weighted by Crippen LogP contribution is 2.25. The van der Waals surface area contributed by atoms with Crippen molar-refractivity contribution in [2.24, 2.45) is 5.92 Å². The second kappa shape index (κ2) is 7.98. The minimum atomic E-state index is -0.976. The molecule has 1 unspecified atom stereocenters. The summed E-state index contributed by atoms with van der Waals surface area (Å²) in [4.78, 5) is 32.1. The smallest absolute Gasteiger partial charge is 0.329 e. The lowest BCUT2D eigenvalue weighted by Crippen LogP contribution is -2.41. The van der Waals surface area contributed by atoms with E-state index >= 15 is 0 Å². The number of aliphatic carboxylic acids is 1.